The zero-order valence-corrected chi connectivity index (χ0v) is 12.3. The molecular weight excluding hydrogens is 248 g/mol. The van der Waals surface area contributed by atoms with Gasteiger partial charge in [-0.05, 0) is 42.0 Å². The summed E-state index contributed by atoms with van der Waals surface area (Å²) in [7, 11) is 1.67. The zero-order chi connectivity index (χ0) is 13.8. The normalized spacial score (nSPS) is 13.4. The van der Waals surface area contributed by atoms with E-state index in [-0.39, 0.29) is 11.5 Å². The van der Waals surface area contributed by atoms with Gasteiger partial charge < -0.3 is 4.74 Å². The van der Waals surface area contributed by atoms with E-state index in [1.807, 2.05) is 18.2 Å². The van der Waals surface area contributed by atoms with Crippen LogP contribution in [-0.2, 0) is 6.42 Å². The van der Waals surface area contributed by atoms with Crippen LogP contribution in [0.1, 0.15) is 32.8 Å². The summed E-state index contributed by atoms with van der Waals surface area (Å²) in [6.07, 6.45) is 1.84. The van der Waals surface area contributed by atoms with Crippen molar-refractivity contribution in [1.82, 2.24) is 5.43 Å². The molecule has 3 nitrogen and oxygen atoms in total. The predicted molar refractivity (Wildman–Crippen MR) is 76.9 cm³/mol. The van der Waals surface area contributed by atoms with Crippen molar-refractivity contribution in [2.45, 2.75) is 39.7 Å². The highest BCUT2D eigenvalue weighted by Gasteiger charge is 2.27. The van der Waals surface area contributed by atoms with E-state index in [2.05, 4.69) is 26.2 Å². The van der Waals surface area contributed by atoms with Crippen LogP contribution < -0.4 is 16.0 Å². The average Bonchev–Trinajstić information content (AvgIpc) is 2.35. The topological polar surface area (TPSA) is 47.3 Å². The first-order valence-corrected chi connectivity index (χ1v) is 6.61. The van der Waals surface area contributed by atoms with Crippen LogP contribution in [0.25, 0.3) is 0 Å². The molecule has 0 radical (unpaired) electrons. The standard InChI is InChI=1S/C14H23ClN2O/c1-5-14(2,3)13(17-16)9-10-8-11(15)6-7-12(10)18-4/h6-8,13,17H,5,9,16H2,1-4H3. The molecule has 0 aliphatic rings. The SMILES string of the molecule is CCC(C)(C)C(Cc1cc(Cl)ccc1OC)NN. The Morgan fingerprint density at radius 3 is 2.61 bits per heavy atom. The molecule has 1 atom stereocenters. The zero-order valence-electron chi connectivity index (χ0n) is 11.6. The van der Waals surface area contributed by atoms with E-state index in [1.54, 1.807) is 7.11 Å². The Morgan fingerprint density at radius 2 is 2.11 bits per heavy atom. The minimum atomic E-state index is 0.113. The Morgan fingerprint density at radius 1 is 1.44 bits per heavy atom. The third-order valence-electron chi connectivity index (χ3n) is 3.72. The summed E-state index contributed by atoms with van der Waals surface area (Å²) >= 11 is 6.04. The number of nitrogens with two attached hydrogens (primary N) is 1. The van der Waals surface area contributed by atoms with Crippen molar-refractivity contribution in [3.05, 3.63) is 28.8 Å². The monoisotopic (exact) mass is 270 g/mol. The number of rotatable bonds is 6. The average molecular weight is 271 g/mol. The molecule has 0 amide bonds. The maximum absolute atomic E-state index is 6.04. The summed E-state index contributed by atoms with van der Waals surface area (Å²) in [6, 6.07) is 5.84. The second kappa shape index (κ2) is 6.41. The smallest absolute Gasteiger partial charge is 0.122 e. The van der Waals surface area contributed by atoms with Gasteiger partial charge in [-0.2, -0.15) is 0 Å². The van der Waals surface area contributed by atoms with E-state index < -0.39 is 0 Å². The maximum atomic E-state index is 6.04. The van der Waals surface area contributed by atoms with Crippen molar-refractivity contribution in [2.75, 3.05) is 7.11 Å². The van der Waals surface area contributed by atoms with E-state index in [4.69, 9.17) is 22.2 Å². The van der Waals surface area contributed by atoms with Crippen LogP contribution in [0.3, 0.4) is 0 Å². The number of hydrogen-bond donors (Lipinski definition) is 2. The minimum absolute atomic E-state index is 0.113. The van der Waals surface area contributed by atoms with Crippen LogP contribution in [0, 0.1) is 5.41 Å². The van der Waals surface area contributed by atoms with Crippen molar-refractivity contribution in [1.29, 1.82) is 0 Å². The van der Waals surface area contributed by atoms with Gasteiger partial charge in [0, 0.05) is 11.1 Å². The van der Waals surface area contributed by atoms with Gasteiger partial charge in [0.25, 0.3) is 0 Å². The van der Waals surface area contributed by atoms with Crippen molar-refractivity contribution < 1.29 is 4.74 Å². The minimum Gasteiger partial charge on any atom is -0.496 e. The summed E-state index contributed by atoms with van der Waals surface area (Å²) in [5, 5.41) is 0.718. The predicted octanol–water partition coefficient (Wildman–Crippen LogP) is 3.16. The van der Waals surface area contributed by atoms with E-state index in [0.29, 0.717) is 0 Å². The Bertz CT molecular complexity index is 393. The number of nitrogens with one attached hydrogen (secondary N) is 1. The molecule has 0 fully saturated rings. The van der Waals surface area contributed by atoms with E-state index in [1.165, 1.54) is 0 Å². The molecule has 102 valence electrons. The number of ether oxygens (including phenoxy) is 1. The van der Waals surface area contributed by atoms with Crippen molar-refractivity contribution in [3.63, 3.8) is 0 Å². The molecule has 1 rings (SSSR count). The largest absolute Gasteiger partial charge is 0.496 e. The molecule has 18 heavy (non-hydrogen) atoms. The number of hydrazine groups is 1. The van der Waals surface area contributed by atoms with Gasteiger partial charge in [-0.25, -0.2) is 0 Å². The molecule has 0 bridgehead atoms. The Hall–Kier alpha value is -0.770. The highest BCUT2D eigenvalue weighted by Crippen LogP contribution is 2.30. The number of hydrogen-bond acceptors (Lipinski definition) is 3. The molecule has 0 aliphatic heterocycles. The van der Waals surface area contributed by atoms with Crippen LogP contribution in [0.4, 0.5) is 0 Å². The lowest BCUT2D eigenvalue weighted by Crippen LogP contribution is -2.46. The van der Waals surface area contributed by atoms with Gasteiger partial charge >= 0.3 is 0 Å². The first-order chi connectivity index (χ1) is 8.44. The molecule has 0 aliphatic carbocycles. The summed E-state index contributed by atoms with van der Waals surface area (Å²) in [4.78, 5) is 0. The number of methoxy groups -OCH3 is 1. The van der Waals surface area contributed by atoms with Crippen molar-refractivity contribution in [3.8, 4) is 5.75 Å². The van der Waals surface area contributed by atoms with E-state index in [9.17, 15) is 0 Å². The Balaban J connectivity index is 2.97. The third-order valence-corrected chi connectivity index (χ3v) is 3.96. The van der Waals surface area contributed by atoms with E-state index >= 15 is 0 Å². The fourth-order valence-electron chi connectivity index (χ4n) is 1.93. The molecule has 4 heteroatoms. The molecular formula is C14H23ClN2O. The van der Waals surface area contributed by atoms with E-state index in [0.717, 1.165) is 29.2 Å². The molecule has 1 aromatic rings. The van der Waals surface area contributed by atoms with Crippen LogP contribution in [-0.4, -0.2) is 13.2 Å². The highest BCUT2D eigenvalue weighted by molar-refractivity contribution is 6.30. The molecule has 0 spiro atoms. The molecule has 0 saturated carbocycles. The van der Waals surface area contributed by atoms with Crippen LogP contribution in [0.15, 0.2) is 18.2 Å². The van der Waals surface area contributed by atoms with Gasteiger partial charge in [0.05, 0.1) is 7.11 Å². The first-order valence-electron chi connectivity index (χ1n) is 6.23. The lowest BCUT2D eigenvalue weighted by Gasteiger charge is -2.33. The van der Waals surface area contributed by atoms with Gasteiger partial charge in [0.1, 0.15) is 5.75 Å². The lowest BCUT2D eigenvalue weighted by molar-refractivity contribution is 0.230. The van der Waals surface area contributed by atoms with Gasteiger partial charge in [0.15, 0.2) is 0 Å². The van der Waals surface area contributed by atoms with Crippen LogP contribution in [0.2, 0.25) is 5.02 Å². The van der Waals surface area contributed by atoms with Crippen molar-refractivity contribution >= 4 is 11.6 Å². The molecule has 0 aromatic heterocycles. The summed E-state index contributed by atoms with van der Waals surface area (Å²) in [5.41, 5.74) is 4.11. The second-order valence-electron chi connectivity index (χ2n) is 5.22. The summed E-state index contributed by atoms with van der Waals surface area (Å²) < 4.78 is 5.36. The maximum Gasteiger partial charge on any atom is 0.122 e. The van der Waals surface area contributed by atoms with Gasteiger partial charge in [0.2, 0.25) is 0 Å². The quantitative estimate of drug-likeness (QED) is 0.617. The molecule has 1 unspecified atom stereocenters. The van der Waals surface area contributed by atoms with Gasteiger partial charge in [-0.15, -0.1) is 0 Å². The second-order valence-corrected chi connectivity index (χ2v) is 5.66. The lowest BCUT2D eigenvalue weighted by atomic mass is 9.79. The van der Waals surface area contributed by atoms with Crippen molar-refractivity contribution in [2.24, 2.45) is 11.3 Å². The van der Waals surface area contributed by atoms with Crippen LogP contribution in [0.5, 0.6) is 5.75 Å². The fraction of sp³-hybridized carbons (Fsp3) is 0.571. The van der Waals surface area contributed by atoms with Crippen LogP contribution >= 0.6 is 11.6 Å². The fourth-order valence-corrected chi connectivity index (χ4v) is 2.13. The molecule has 0 heterocycles. The molecule has 0 saturated heterocycles. The Kier molecular flexibility index (Phi) is 5.45. The first kappa shape index (κ1) is 15.3. The third kappa shape index (κ3) is 3.61. The highest BCUT2D eigenvalue weighted by atomic mass is 35.5. The summed E-state index contributed by atoms with van der Waals surface area (Å²) in [5.74, 6) is 6.54. The number of halogens is 1. The van der Waals surface area contributed by atoms with Gasteiger partial charge in [-0.3, -0.25) is 11.3 Å². The summed E-state index contributed by atoms with van der Waals surface area (Å²) in [6.45, 7) is 6.57. The molecule has 1 aromatic carbocycles. The Labute approximate surface area is 115 Å². The number of benzene rings is 1. The molecule has 3 N–H and O–H groups in total. The van der Waals surface area contributed by atoms with Gasteiger partial charge in [-0.1, -0.05) is 32.4 Å².